The zero-order valence-corrected chi connectivity index (χ0v) is 12.5. The summed E-state index contributed by atoms with van der Waals surface area (Å²) < 4.78 is 0. The molecule has 108 valence electrons. The van der Waals surface area contributed by atoms with Gasteiger partial charge in [0.15, 0.2) is 0 Å². The first kappa shape index (κ1) is 17.4. The molecule has 3 N–H and O–H groups in total. The lowest BCUT2D eigenvalue weighted by Crippen LogP contribution is -2.43. The molecule has 0 aliphatic rings. The number of hydrogen-bond acceptors (Lipinski definition) is 3. The molecule has 4 nitrogen and oxygen atoms in total. The SMILES string of the molecule is CC(C)C(C)NC(=O)CNCC(C)(C)CCCO. The van der Waals surface area contributed by atoms with Crippen LogP contribution in [0.5, 0.6) is 0 Å². The average Bonchev–Trinajstić information content (AvgIpc) is 2.25. The number of amides is 1. The number of nitrogens with one attached hydrogen (secondary N) is 2. The van der Waals surface area contributed by atoms with Gasteiger partial charge in [0.1, 0.15) is 0 Å². The first-order chi connectivity index (χ1) is 8.28. The van der Waals surface area contributed by atoms with E-state index in [9.17, 15) is 4.79 Å². The largest absolute Gasteiger partial charge is 0.396 e. The maximum Gasteiger partial charge on any atom is 0.234 e. The maximum atomic E-state index is 11.6. The highest BCUT2D eigenvalue weighted by Gasteiger charge is 2.17. The van der Waals surface area contributed by atoms with Crippen LogP contribution in [0.1, 0.15) is 47.5 Å². The lowest BCUT2D eigenvalue weighted by molar-refractivity contribution is -0.121. The van der Waals surface area contributed by atoms with E-state index >= 15 is 0 Å². The first-order valence-electron chi connectivity index (χ1n) is 6.89. The molecule has 0 aromatic rings. The Bertz CT molecular complexity index is 240. The summed E-state index contributed by atoms with van der Waals surface area (Å²) in [5.74, 6) is 0.504. The molecule has 1 atom stereocenters. The Morgan fingerprint density at radius 2 is 1.89 bits per heavy atom. The Kier molecular flexibility index (Phi) is 8.20. The third-order valence-electron chi connectivity index (χ3n) is 3.29. The van der Waals surface area contributed by atoms with E-state index in [1.54, 1.807) is 0 Å². The minimum Gasteiger partial charge on any atom is -0.396 e. The van der Waals surface area contributed by atoms with Crippen molar-refractivity contribution in [2.24, 2.45) is 11.3 Å². The van der Waals surface area contributed by atoms with Crippen molar-refractivity contribution >= 4 is 5.91 Å². The Hall–Kier alpha value is -0.610. The topological polar surface area (TPSA) is 61.4 Å². The smallest absolute Gasteiger partial charge is 0.234 e. The molecule has 0 bridgehead atoms. The summed E-state index contributed by atoms with van der Waals surface area (Å²) in [6, 6.07) is 0.210. The van der Waals surface area contributed by atoms with Crippen molar-refractivity contribution in [3.63, 3.8) is 0 Å². The maximum absolute atomic E-state index is 11.6. The van der Waals surface area contributed by atoms with Crippen LogP contribution in [0.2, 0.25) is 0 Å². The molecule has 0 aromatic heterocycles. The summed E-state index contributed by atoms with van der Waals surface area (Å²) in [5.41, 5.74) is 0.118. The minimum absolute atomic E-state index is 0.0501. The second kappa shape index (κ2) is 8.48. The summed E-state index contributed by atoms with van der Waals surface area (Å²) in [4.78, 5) is 11.6. The van der Waals surface area contributed by atoms with Crippen molar-refractivity contribution in [1.82, 2.24) is 10.6 Å². The highest BCUT2D eigenvalue weighted by Crippen LogP contribution is 2.20. The van der Waals surface area contributed by atoms with Gasteiger partial charge in [0.2, 0.25) is 5.91 Å². The molecule has 0 radical (unpaired) electrons. The molecule has 4 heteroatoms. The standard InChI is InChI=1S/C14H30N2O2/c1-11(2)12(3)16-13(18)9-15-10-14(4,5)7-6-8-17/h11-12,15,17H,6-10H2,1-5H3,(H,16,18). The van der Waals surface area contributed by atoms with Crippen molar-refractivity contribution < 1.29 is 9.90 Å². The summed E-state index contributed by atoms with van der Waals surface area (Å²) in [6.45, 7) is 11.9. The Morgan fingerprint density at radius 1 is 1.28 bits per heavy atom. The highest BCUT2D eigenvalue weighted by atomic mass is 16.2. The Labute approximate surface area is 112 Å². The molecular weight excluding hydrogens is 228 g/mol. The fraction of sp³-hybridized carbons (Fsp3) is 0.929. The molecule has 0 aliphatic carbocycles. The molecule has 0 fully saturated rings. The summed E-state index contributed by atoms with van der Waals surface area (Å²) in [6.07, 6.45) is 1.77. The monoisotopic (exact) mass is 258 g/mol. The van der Waals surface area contributed by atoms with Crippen LogP contribution in [0.25, 0.3) is 0 Å². The molecule has 0 spiro atoms. The van der Waals surface area contributed by atoms with E-state index in [4.69, 9.17) is 5.11 Å². The third kappa shape index (κ3) is 8.48. The Balaban J connectivity index is 3.80. The molecule has 0 saturated carbocycles. The summed E-state index contributed by atoms with van der Waals surface area (Å²) in [5, 5.41) is 15.0. The van der Waals surface area contributed by atoms with Crippen LogP contribution in [0.4, 0.5) is 0 Å². The van der Waals surface area contributed by atoms with Gasteiger partial charge in [-0.05, 0) is 31.1 Å². The van der Waals surface area contributed by atoms with Gasteiger partial charge in [0, 0.05) is 19.2 Å². The second-order valence-corrected chi connectivity index (χ2v) is 6.20. The quantitative estimate of drug-likeness (QED) is 0.588. The number of hydrogen-bond donors (Lipinski definition) is 3. The summed E-state index contributed by atoms with van der Waals surface area (Å²) >= 11 is 0. The number of aliphatic hydroxyl groups excluding tert-OH is 1. The predicted octanol–water partition coefficient (Wildman–Crippen LogP) is 1.54. The fourth-order valence-electron chi connectivity index (χ4n) is 1.63. The predicted molar refractivity (Wildman–Crippen MR) is 75.4 cm³/mol. The van der Waals surface area contributed by atoms with E-state index in [0.29, 0.717) is 12.5 Å². The highest BCUT2D eigenvalue weighted by molar-refractivity contribution is 5.78. The number of carbonyl (C=O) groups excluding carboxylic acids is 1. The Morgan fingerprint density at radius 3 is 2.39 bits per heavy atom. The van der Waals surface area contributed by atoms with E-state index in [2.05, 4.69) is 38.3 Å². The van der Waals surface area contributed by atoms with Crippen LogP contribution in [-0.2, 0) is 4.79 Å². The number of aliphatic hydroxyl groups is 1. The molecular formula is C14H30N2O2. The third-order valence-corrected chi connectivity index (χ3v) is 3.29. The van der Waals surface area contributed by atoms with Gasteiger partial charge in [-0.3, -0.25) is 4.79 Å². The van der Waals surface area contributed by atoms with Crippen molar-refractivity contribution in [2.75, 3.05) is 19.7 Å². The minimum atomic E-state index is 0.0501. The van der Waals surface area contributed by atoms with E-state index in [1.807, 2.05) is 6.92 Å². The van der Waals surface area contributed by atoms with Crippen LogP contribution in [0.3, 0.4) is 0 Å². The van der Waals surface area contributed by atoms with Crippen molar-refractivity contribution in [3.8, 4) is 0 Å². The fourth-order valence-corrected chi connectivity index (χ4v) is 1.63. The van der Waals surface area contributed by atoms with Gasteiger partial charge >= 0.3 is 0 Å². The van der Waals surface area contributed by atoms with Gasteiger partial charge in [-0.1, -0.05) is 27.7 Å². The molecule has 0 aromatic carbocycles. The second-order valence-electron chi connectivity index (χ2n) is 6.20. The van der Waals surface area contributed by atoms with Gasteiger partial charge in [0.05, 0.1) is 6.54 Å². The van der Waals surface area contributed by atoms with Crippen LogP contribution in [0.15, 0.2) is 0 Å². The molecule has 0 aliphatic heterocycles. The van der Waals surface area contributed by atoms with E-state index in [-0.39, 0.29) is 24.0 Å². The lowest BCUT2D eigenvalue weighted by Gasteiger charge is -2.25. The van der Waals surface area contributed by atoms with Crippen LogP contribution in [0, 0.1) is 11.3 Å². The van der Waals surface area contributed by atoms with Crippen LogP contribution in [-0.4, -0.2) is 36.8 Å². The van der Waals surface area contributed by atoms with E-state index < -0.39 is 0 Å². The normalized spacial score (nSPS) is 13.7. The van der Waals surface area contributed by atoms with Gasteiger partial charge in [-0.25, -0.2) is 0 Å². The van der Waals surface area contributed by atoms with E-state index in [0.717, 1.165) is 19.4 Å². The summed E-state index contributed by atoms with van der Waals surface area (Å²) in [7, 11) is 0. The first-order valence-corrected chi connectivity index (χ1v) is 6.89. The van der Waals surface area contributed by atoms with Crippen molar-refractivity contribution in [3.05, 3.63) is 0 Å². The molecule has 0 heterocycles. The van der Waals surface area contributed by atoms with Gasteiger partial charge in [-0.15, -0.1) is 0 Å². The lowest BCUT2D eigenvalue weighted by atomic mass is 9.88. The number of carbonyl (C=O) groups is 1. The molecule has 0 rings (SSSR count). The molecule has 1 amide bonds. The molecule has 18 heavy (non-hydrogen) atoms. The van der Waals surface area contributed by atoms with Crippen LogP contribution >= 0.6 is 0 Å². The van der Waals surface area contributed by atoms with Crippen molar-refractivity contribution in [1.29, 1.82) is 0 Å². The van der Waals surface area contributed by atoms with Crippen LogP contribution < -0.4 is 10.6 Å². The van der Waals surface area contributed by atoms with E-state index in [1.165, 1.54) is 0 Å². The van der Waals surface area contributed by atoms with Gasteiger partial charge in [0.25, 0.3) is 0 Å². The molecule has 0 saturated heterocycles. The zero-order valence-electron chi connectivity index (χ0n) is 12.5. The average molecular weight is 258 g/mol. The molecule has 1 unspecified atom stereocenters. The van der Waals surface area contributed by atoms with Gasteiger partial charge in [-0.2, -0.15) is 0 Å². The van der Waals surface area contributed by atoms with Gasteiger partial charge < -0.3 is 15.7 Å². The number of rotatable bonds is 9. The zero-order chi connectivity index (χ0) is 14.2. The van der Waals surface area contributed by atoms with Crippen molar-refractivity contribution in [2.45, 2.75) is 53.5 Å².